The van der Waals surface area contributed by atoms with Gasteiger partial charge in [0.2, 0.25) is 0 Å². The Morgan fingerprint density at radius 3 is 2.65 bits per heavy atom. The topological polar surface area (TPSA) is 25.4 Å². The molecule has 0 spiro atoms. The largest absolute Gasteiger partial charge is 0.491 e. The van der Waals surface area contributed by atoms with Gasteiger partial charge >= 0.3 is 0 Å². The lowest BCUT2D eigenvalue weighted by molar-refractivity contribution is 0.223. The van der Waals surface area contributed by atoms with Gasteiger partial charge in [-0.25, -0.2) is 0 Å². The summed E-state index contributed by atoms with van der Waals surface area (Å²) in [5.74, 6) is 1.10. The molecule has 1 aromatic heterocycles. The summed E-state index contributed by atoms with van der Waals surface area (Å²) in [6.07, 6.45) is 5.99. The Hall–Kier alpha value is -1.61. The monoisotopic (exact) mass is 312 g/mol. The van der Waals surface area contributed by atoms with Crippen LogP contribution in [-0.4, -0.2) is 36.1 Å². The molecule has 0 saturated carbocycles. The molecule has 0 atom stereocenters. The first-order chi connectivity index (χ1) is 11.3. The van der Waals surface area contributed by atoms with E-state index in [2.05, 4.69) is 43.0 Å². The molecule has 1 heterocycles. The lowest BCUT2D eigenvalue weighted by Gasteiger charge is -2.20. The number of fused-ring (bicyclic) bond motifs is 2. The Morgan fingerprint density at radius 1 is 1.04 bits per heavy atom. The standard InChI is InChI=1S/C20H28N2O/c1-3-22(4-2)14-15-23-20-16-10-6-5-7-12-18(16)21-19-13-9-8-11-17(19)20/h8-9,11,13H,3-7,10,12,14-15H2,1-2H3. The SMILES string of the molecule is CCN(CC)CCOc1c2c(nc3ccccc13)CCCCC2. The van der Waals surface area contributed by atoms with Crippen molar-refractivity contribution in [1.29, 1.82) is 0 Å². The highest BCUT2D eigenvalue weighted by atomic mass is 16.5. The van der Waals surface area contributed by atoms with Gasteiger partial charge in [0, 0.05) is 23.2 Å². The number of nitrogens with zero attached hydrogens (tertiary/aromatic N) is 2. The van der Waals surface area contributed by atoms with Gasteiger partial charge in [0.25, 0.3) is 0 Å². The smallest absolute Gasteiger partial charge is 0.133 e. The van der Waals surface area contributed by atoms with Crippen molar-refractivity contribution in [1.82, 2.24) is 9.88 Å². The predicted octanol–water partition coefficient (Wildman–Crippen LogP) is 4.22. The second-order valence-electron chi connectivity index (χ2n) is 6.32. The van der Waals surface area contributed by atoms with E-state index < -0.39 is 0 Å². The molecule has 23 heavy (non-hydrogen) atoms. The Kier molecular flexibility index (Phi) is 5.50. The molecule has 0 unspecified atom stereocenters. The number of ether oxygens (including phenoxy) is 1. The fourth-order valence-electron chi connectivity index (χ4n) is 3.49. The van der Waals surface area contributed by atoms with E-state index in [1.54, 1.807) is 0 Å². The number of rotatable bonds is 6. The van der Waals surface area contributed by atoms with Crippen LogP contribution >= 0.6 is 0 Å². The molecule has 1 aliphatic carbocycles. The average Bonchev–Trinajstić information content (AvgIpc) is 2.83. The minimum atomic E-state index is 0.752. The lowest BCUT2D eigenvalue weighted by Crippen LogP contribution is -2.28. The van der Waals surface area contributed by atoms with E-state index in [1.165, 1.54) is 35.9 Å². The minimum absolute atomic E-state index is 0.752. The number of hydrogen-bond acceptors (Lipinski definition) is 3. The van der Waals surface area contributed by atoms with Crippen molar-refractivity contribution >= 4 is 10.9 Å². The molecule has 2 aromatic rings. The fraction of sp³-hybridized carbons (Fsp3) is 0.550. The molecular weight excluding hydrogens is 284 g/mol. The summed E-state index contributed by atoms with van der Waals surface area (Å²) in [4.78, 5) is 7.33. The highest BCUT2D eigenvalue weighted by molar-refractivity contribution is 5.86. The second kappa shape index (κ2) is 7.78. The van der Waals surface area contributed by atoms with Crippen LogP contribution in [0.25, 0.3) is 10.9 Å². The van der Waals surface area contributed by atoms with E-state index in [0.717, 1.165) is 50.3 Å². The zero-order chi connectivity index (χ0) is 16.1. The molecule has 0 fully saturated rings. The van der Waals surface area contributed by atoms with Gasteiger partial charge in [-0.05, 0) is 50.9 Å². The van der Waals surface area contributed by atoms with Crippen LogP contribution < -0.4 is 4.74 Å². The Morgan fingerprint density at radius 2 is 1.83 bits per heavy atom. The third-order valence-electron chi connectivity index (χ3n) is 4.92. The molecule has 3 nitrogen and oxygen atoms in total. The van der Waals surface area contributed by atoms with Gasteiger partial charge in [-0.1, -0.05) is 32.4 Å². The summed E-state index contributed by atoms with van der Waals surface area (Å²) in [7, 11) is 0. The van der Waals surface area contributed by atoms with Crippen molar-refractivity contribution in [2.24, 2.45) is 0 Å². The van der Waals surface area contributed by atoms with Crippen LogP contribution in [0.4, 0.5) is 0 Å². The first-order valence-corrected chi connectivity index (χ1v) is 9.09. The third-order valence-corrected chi connectivity index (χ3v) is 4.92. The number of aromatic nitrogens is 1. The van der Waals surface area contributed by atoms with Gasteiger partial charge in [-0.3, -0.25) is 4.98 Å². The first-order valence-electron chi connectivity index (χ1n) is 9.09. The van der Waals surface area contributed by atoms with Gasteiger partial charge in [0.1, 0.15) is 12.4 Å². The third kappa shape index (κ3) is 3.66. The summed E-state index contributed by atoms with van der Waals surface area (Å²) in [6.45, 7) is 8.30. The minimum Gasteiger partial charge on any atom is -0.491 e. The Balaban J connectivity index is 1.91. The maximum absolute atomic E-state index is 6.33. The number of likely N-dealkylation sites (N-methyl/N-ethyl adjacent to an activating group) is 1. The summed E-state index contributed by atoms with van der Waals surface area (Å²) < 4.78 is 6.33. The van der Waals surface area contributed by atoms with Crippen LogP contribution in [0.5, 0.6) is 5.75 Å². The molecule has 3 rings (SSSR count). The van der Waals surface area contributed by atoms with Gasteiger partial charge in [0.15, 0.2) is 0 Å². The van der Waals surface area contributed by atoms with Gasteiger partial charge in [-0.15, -0.1) is 0 Å². The Bertz CT molecular complexity index is 649. The fourth-order valence-corrected chi connectivity index (χ4v) is 3.49. The van der Waals surface area contributed by atoms with E-state index in [1.807, 2.05) is 0 Å². The molecular formula is C20H28N2O. The molecule has 124 valence electrons. The molecule has 0 bridgehead atoms. The second-order valence-corrected chi connectivity index (χ2v) is 6.32. The van der Waals surface area contributed by atoms with Crippen molar-refractivity contribution in [2.45, 2.75) is 46.0 Å². The van der Waals surface area contributed by atoms with E-state index in [4.69, 9.17) is 9.72 Å². The molecule has 0 amide bonds. The van der Waals surface area contributed by atoms with Crippen molar-refractivity contribution < 1.29 is 4.74 Å². The zero-order valence-electron chi connectivity index (χ0n) is 14.5. The number of aryl methyl sites for hydroxylation is 1. The summed E-state index contributed by atoms with van der Waals surface area (Å²) in [5, 5.41) is 1.17. The number of pyridine rings is 1. The van der Waals surface area contributed by atoms with Gasteiger partial charge in [0.05, 0.1) is 5.52 Å². The van der Waals surface area contributed by atoms with E-state index in [-0.39, 0.29) is 0 Å². The Labute approximate surface area is 139 Å². The maximum Gasteiger partial charge on any atom is 0.133 e. The maximum atomic E-state index is 6.33. The van der Waals surface area contributed by atoms with Crippen molar-refractivity contribution in [3.05, 3.63) is 35.5 Å². The van der Waals surface area contributed by atoms with Crippen LogP contribution in [-0.2, 0) is 12.8 Å². The molecule has 1 aliphatic rings. The van der Waals surface area contributed by atoms with Crippen LogP contribution in [0, 0.1) is 0 Å². The van der Waals surface area contributed by atoms with Crippen molar-refractivity contribution in [2.75, 3.05) is 26.2 Å². The lowest BCUT2D eigenvalue weighted by atomic mass is 10.0. The number of para-hydroxylation sites is 1. The van der Waals surface area contributed by atoms with E-state index in [9.17, 15) is 0 Å². The van der Waals surface area contributed by atoms with E-state index in [0.29, 0.717) is 0 Å². The van der Waals surface area contributed by atoms with Gasteiger partial charge < -0.3 is 9.64 Å². The predicted molar refractivity (Wildman–Crippen MR) is 96.3 cm³/mol. The summed E-state index contributed by atoms with van der Waals surface area (Å²) in [5.41, 5.74) is 3.70. The molecule has 1 aromatic carbocycles. The van der Waals surface area contributed by atoms with Crippen LogP contribution in [0.15, 0.2) is 24.3 Å². The van der Waals surface area contributed by atoms with Crippen LogP contribution in [0.1, 0.15) is 44.4 Å². The molecule has 0 aliphatic heterocycles. The quantitative estimate of drug-likeness (QED) is 0.747. The normalized spacial score (nSPS) is 14.7. The summed E-state index contributed by atoms with van der Waals surface area (Å²) in [6, 6.07) is 8.42. The summed E-state index contributed by atoms with van der Waals surface area (Å²) >= 11 is 0. The highest BCUT2D eigenvalue weighted by Crippen LogP contribution is 2.34. The zero-order valence-corrected chi connectivity index (χ0v) is 14.5. The van der Waals surface area contributed by atoms with Crippen molar-refractivity contribution in [3.8, 4) is 5.75 Å². The van der Waals surface area contributed by atoms with Crippen molar-refractivity contribution in [3.63, 3.8) is 0 Å². The average molecular weight is 312 g/mol. The van der Waals surface area contributed by atoms with Crippen LogP contribution in [0.3, 0.4) is 0 Å². The molecule has 0 saturated heterocycles. The molecule has 0 radical (unpaired) electrons. The van der Waals surface area contributed by atoms with Crippen LogP contribution in [0.2, 0.25) is 0 Å². The van der Waals surface area contributed by atoms with E-state index >= 15 is 0 Å². The number of benzene rings is 1. The highest BCUT2D eigenvalue weighted by Gasteiger charge is 2.18. The molecule has 3 heteroatoms. The number of hydrogen-bond donors (Lipinski definition) is 0. The first kappa shape index (κ1) is 16.3. The molecule has 0 N–H and O–H groups in total. The van der Waals surface area contributed by atoms with Gasteiger partial charge in [-0.2, -0.15) is 0 Å².